The normalized spacial score (nSPS) is 16.9. The van der Waals surface area contributed by atoms with Crippen LogP contribution in [0, 0.1) is 13.8 Å². The topological polar surface area (TPSA) is 41.9 Å². The summed E-state index contributed by atoms with van der Waals surface area (Å²) in [6.45, 7) is 6.89. The first-order chi connectivity index (χ1) is 13.0. The fourth-order valence-corrected chi connectivity index (χ4v) is 3.48. The number of likely N-dealkylation sites (tertiary alicyclic amines) is 1. The lowest BCUT2D eigenvalue weighted by atomic mass is 10.1. The third-order valence-corrected chi connectivity index (χ3v) is 5.36. The number of aliphatic hydroxyl groups is 1. The summed E-state index contributed by atoms with van der Waals surface area (Å²) >= 11 is 6.07. The van der Waals surface area contributed by atoms with Crippen molar-refractivity contribution in [3.05, 3.63) is 58.6 Å². The highest BCUT2D eigenvalue weighted by atomic mass is 35.5. The molecule has 5 heteroatoms. The zero-order chi connectivity index (χ0) is 19.2. The van der Waals surface area contributed by atoms with Gasteiger partial charge in [0.25, 0.3) is 0 Å². The van der Waals surface area contributed by atoms with E-state index in [0.29, 0.717) is 17.3 Å². The van der Waals surface area contributed by atoms with Crippen LogP contribution in [0.2, 0.25) is 5.02 Å². The monoisotopic (exact) mass is 389 g/mol. The second kappa shape index (κ2) is 9.45. The van der Waals surface area contributed by atoms with E-state index in [9.17, 15) is 5.11 Å². The third-order valence-electron chi connectivity index (χ3n) is 5.05. The Morgan fingerprint density at radius 1 is 1.11 bits per heavy atom. The molecule has 4 nitrogen and oxygen atoms in total. The molecule has 27 heavy (non-hydrogen) atoms. The highest BCUT2D eigenvalue weighted by Gasteiger charge is 2.22. The second-order valence-electron chi connectivity index (χ2n) is 7.26. The minimum atomic E-state index is -0.543. The van der Waals surface area contributed by atoms with Crippen molar-refractivity contribution >= 4 is 11.6 Å². The minimum absolute atomic E-state index is 0.236. The summed E-state index contributed by atoms with van der Waals surface area (Å²) < 4.78 is 11.8. The number of aliphatic hydroxyl groups excluding tert-OH is 1. The standard InChI is InChI=1S/C22H28ClNO3/c1-16-7-8-20(13-17(16)2)27-19-9-11-24(12-10-19)14-18(25)15-26-22-6-4-3-5-21(22)23/h3-8,13,18-19,25H,9-12,14-15H2,1-2H3. The van der Waals surface area contributed by atoms with E-state index in [2.05, 4.69) is 30.9 Å². The van der Waals surface area contributed by atoms with Gasteiger partial charge in [0.15, 0.2) is 0 Å². The number of aryl methyl sites for hydroxylation is 2. The Kier molecular flexibility index (Phi) is 7.00. The van der Waals surface area contributed by atoms with Gasteiger partial charge in [-0.2, -0.15) is 0 Å². The van der Waals surface area contributed by atoms with Crippen LogP contribution < -0.4 is 9.47 Å². The highest BCUT2D eigenvalue weighted by molar-refractivity contribution is 6.32. The second-order valence-corrected chi connectivity index (χ2v) is 7.67. The Bertz CT molecular complexity index is 744. The first kappa shape index (κ1) is 20.0. The molecule has 0 aromatic heterocycles. The van der Waals surface area contributed by atoms with Gasteiger partial charge in [0.2, 0.25) is 0 Å². The maximum absolute atomic E-state index is 10.3. The van der Waals surface area contributed by atoms with Crippen LogP contribution in [0.3, 0.4) is 0 Å². The zero-order valence-electron chi connectivity index (χ0n) is 16.0. The Balaban J connectivity index is 1.39. The fraction of sp³-hybridized carbons (Fsp3) is 0.455. The predicted octanol–water partition coefficient (Wildman–Crippen LogP) is 4.24. The minimum Gasteiger partial charge on any atom is -0.490 e. The summed E-state index contributed by atoms with van der Waals surface area (Å²) in [6.07, 6.45) is 1.62. The summed E-state index contributed by atoms with van der Waals surface area (Å²) in [5.41, 5.74) is 2.54. The maximum atomic E-state index is 10.3. The molecule has 1 fully saturated rings. The lowest BCUT2D eigenvalue weighted by molar-refractivity contribution is 0.0402. The third kappa shape index (κ3) is 5.86. The molecule has 1 aliphatic heterocycles. The first-order valence-electron chi connectivity index (χ1n) is 9.53. The molecule has 0 saturated carbocycles. The molecular weight excluding hydrogens is 362 g/mol. The van der Waals surface area contributed by atoms with E-state index < -0.39 is 6.10 Å². The molecule has 2 aromatic carbocycles. The Hall–Kier alpha value is -1.75. The van der Waals surface area contributed by atoms with Gasteiger partial charge in [-0.25, -0.2) is 0 Å². The molecule has 0 amide bonds. The molecule has 1 saturated heterocycles. The van der Waals surface area contributed by atoms with Crippen LogP contribution in [-0.4, -0.2) is 48.5 Å². The van der Waals surface area contributed by atoms with E-state index in [-0.39, 0.29) is 12.7 Å². The van der Waals surface area contributed by atoms with Crippen molar-refractivity contribution in [3.63, 3.8) is 0 Å². The van der Waals surface area contributed by atoms with E-state index >= 15 is 0 Å². The van der Waals surface area contributed by atoms with Gasteiger partial charge in [-0.3, -0.25) is 0 Å². The molecule has 0 radical (unpaired) electrons. The number of rotatable bonds is 7. The number of β-amino-alcohol motifs (C(OH)–C–C–N with tert-alkyl or cyclic N) is 1. The summed E-state index contributed by atoms with van der Waals surface area (Å²) in [4.78, 5) is 2.26. The largest absolute Gasteiger partial charge is 0.490 e. The van der Waals surface area contributed by atoms with Crippen molar-refractivity contribution in [2.45, 2.75) is 38.9 Å². The van der Waals surface area contributed by atoms with E-state index in [4.69, 9.17) is 21.1 Å². The van der Waals surface area contributed by atoms with Gasteiger partial charge in [-0.05, 0) is 62.1 Å². The molecule has 2 aromatic rings. The number of benzene rings is 2. The summed E-state index contributed by atoms with van der Waals surface area (Å²) in [7, 11) is 0. The van der Waals surface area contributed by atoms with E-state index in [0.717, 1.165) is 31.7 Å². The maximum Gasteiger partial charge on any atom is 0.138 e. The molecule has 1 heterocycles. The molecule has 1 atom stereocenters. The van der Waals surface area contributed by atoms with E-state index in [1.165, 1.54) is 11.1 Å². The van der Waals surface area contributed by atoms with E-state index in [1.807, 2.05) is 24.3 Å². The van der Waals surface area contributed by atoms with Crippen LogP contribution >= 0.6 is 11.6 Å². The van der Waals surface area contributed by atoms with Crippen molar-refractivity contribution in [2.75, 3.05) is 26.2 Å². The fourth-order valence-electron chi connectivity index (χ4n) is 3.29. The van der Waals surface area contributed by atoms with Gasteiger partial charge in [0.05, 0.1) is 5.02 Å². The molecule has 1 aliphatic rings. The van der Waals surface area contributed by atoms with Crippen molar-refractivity contribution in [1.29, 1.82) is 0 Å². The molecule has 0 aliphatic carbocycles. The zero-order valence-corrected chi connectivity index (χ0v) is 16.8. The molecule has 1 N–H and O–H groups in total. The lowest BCUT2D eigenvalue weighted by Gasteiger charge is -2.33. The molecule has 0 spiro atoms. The van der Waals surface area contributed by atoms with Gasteiger partial charge < -0.3 is 19.5 Å². The number of nitrogens with zero attached hydrogens (tertiary/aromatic N) is 1. The highest BCUT2D eigenvalue weighted by Crippen LogP contribution is 2.24. The molecule has 3 rings (SSSR count). The molecular formula is C22H28ClNO3. The number of hydrogen-bond acceptors (Lipinski definition) is 4. The Labute approximate surface area is 166 Å². The van der Waals surface area contributed by atoms with Gasteiger partial charge >= 0.3 is 0 Å². The SMILES string of the molecule is Cc1ccc(OC2CCN(CC(O)COc3ccccc3Cl)CC2)cc1C. The molecule has 0 bridgehead atoms. The quantitative estimate of drug-likeness (QED) is 0.769. The van der Waals surface area contributed by atoms with E-state index in [1.54, 1.807) is 6.07 Å². The van der Waals surface area contributed by atoms with Crippen molar-refractivity contribution in [2.24, 2.45) is 0 Å². The Morgan fingerprint density at radius 2 is 1.85 bits per heavy atom. The van der Waals surface area contributed by atoms with Crippen molar-refractivity contribution in [3.8, 4) is 11.5 Å². The van der Waals surface area contributed by atoms with Gasteiger partial charge in [-0.15, -0.1) is 0 Å². The molecule has 1 unspecified atom stereocenters. The number of para-hydroxylation sites is 1. The lowest BCUT2D eigenvalue weighted by Crippen LogP contribution is -2.43. The number of hydrogen-bond donors (Lipinski definition) is 1. The van der Waals surface area contributed by atoms with Crippen LogP contribution in [0.25, 0.3) is 0 Å². The average molecular weight is 390 g/mol. The van der Waals surface area contributed by atoms with Crippen LogP contribution in [0.4, 0.5) is 0 Å². The predicted molar refractivity (Wildman–Crippen MR) is 109 cm³/mol. The van der Waals surface area contributed by atoms with Crippen LogP contribution in [0.15, 0.2) is 42.5 Å². The van der Waals surface area contributed by atoms with Crippen molar-refractivity contribution < 1.29 is 14.6 Å². The van der Waals surface area contributed by atoms with Gasteiger partial charge in [0.1, 0.15) is 30.3 Å². The number of ether oxygens (including phenoxy) is 2. The van der Waals surface area contributed by atoms with Crippen LogP contribution in [-0.2, 0) is 0 Å². The summed E-state index contributed by atoms with van der Waals surface area (Å²) in [6, 6.07) is 13.6. The average Bonchev–Trinajstić information content (AvgIpc) is 2.66. The first-order valence-corrected chi connectivity index (χ1v) is 9.90. The summed E-state index contributed by atoms with van der Waals surface area (Å²) in [5, 5.41) is 10.8. The van der Waals surface area contributed by atoms with Crippen molar-refractivity contribution in [1.82, 2.24) is 4.90 Å². The number of piperidine rings is 1. The Morgan fingerprint density at radius 3 is 2.56 bits per heavy atom. The molecule has 146 valence electrons. The number of halogens is 1. The van der Waals surface area contributed by atoms with Crippen LogP contribution in [0.5, 0.6) is 11.5 Å². The van der Waals surface area contributed by atoms with Crippen LogP contribution in [0.1, 0.15) is 24.0 Å². The van der Waals surface area contributed by atoms with Gasteiger partial charge in [-0.1, -0.05) is 29.8 Å². The smallest absolute Gasteiger partial charge is 0.138 e. The van der Waals surface area contributed by atoms with Gasteiger partial charge in [0, 0.05) is 19.6 Å². The summed E-state index contributed by atoms with van der Waals surface area (Å²) in [5.74, 6) is 1.56.